The molecule has 2 rings (SSSR count). The topological polar surface area (TPSA) is 118 Å². The molecule has 25 heavy (non-hydrogen) atoms. The highest BCUT2D eigenvalue weighted by Crippen LogP contribution is 2.15. The largest absolute Gasteiger partial charge is 0.472 e. The molecular formula is C17H18N2O6. The summed E-state index contributed by atoms with van der Waals surface area (Å²) in [6.45, 7) is 0.125. The number of hydrogen-bond donors (Lipinski definition) is 3. The highest BCUT2D eigenvalue weighted by atomic mass is 16.5. The van der Waals surface area contributed by atoms with Gasteiger partial charge in [-0.05, 0) is 36.8 Å². The van der Waals surface area contributed by atoms with Gasteiger partial charge in [0.25, 0.3) is 0 Å². The molecule has 0 aliphatic heterocycles. The van der Waals surface area contributed by atoms with Crippen molar-refractivity contribution in [2.24, 2.45) is 0 Å². The van der Waals surface area contributed by atoms with E-state index in [9.17, 15) is 19.5 Å². The van der Waals surface area contributed by atoms with Crippen LogP contribution in [0.3, 0.4) is 0 Å². The Morgan fingerprint density at radius 3 is 2.48 bits per heavy atom. The SMILES string of the molecule is COC(=O)c1ccc(NC(=O)C(=O)NCC[C@H](O)c2ccoc2)cc1. The summed E-state index contributed by atoms with van der Waals surface area (Å²) in [5.41, 5.74) is 1.30. The van der Waals surface area contributed by atoms with Gasteiger partial charge in [-0.15, -0.1) is 0 Å². The Kier molecular flexibility index (Phi) is 6.30. The molecule has 1 atom stereocenters. The van der Waals surface area contributed by atoms with Gasteiger partial charge in [-0.25, -0.2) is 4.79 Å². The first-order chi connectivity index (χ1) is 12.0. The Balaban J connectivity index is 1.78. The molecule has 2 amide bonds. The number of furan rings is 1. The minimum Gasteiger partial charge on any atom is -0.472 e. The van der Waals surface area contributed by atoms with Crippen molar-refractivity contribution in [3.63, 3.8) is 0 Å². The second-order valence-electron chi connectivity index (χ2n) is 5.14. The van der Waals surface area contributed by atoms with Crippen molar-refractivity contribution >= 4 is 23.5 Å². The molecule has 0 fully saturated rings. The summed E-state index contributed by atoms with van der Waals surface area (Å²) >= 11 is 0. The Morgan fingerprint density at radius 1 is 1.16 bits per heavy atom. The van der Waals surface area contributed by atoms with Crippen molar-refractivity contribution in [1.29, 1.82) is 0 Å². The number of nitrogens with one attached hydrogen (secondary N) is 2. The van der Waals surface area contributed by atoms with Crippen LogP contribution in [0.2, 0.25) is 0 Å². The number of hydrogen-bond acceptors (Lipinski definition) is 6. The summed E-state index contributed by atoms with van der Waals surface area (Å²) in [4.78, 5) is 34.9. The van der Waals surface area contributed by atoms with E-state index in [0.717, 1.165) is 0 Å². The molecule has 1 heterocycles. The summed E-state index contributed by atoms with van der Waals surface area (Å²) in [5.74, 6) is -2.16. The van der Waals surface area contributed by atoms with E-state index < -0.39 is 23.9 Å². The van der Waals surface area contributed by atoms with Crippen LogP contribution in [-0.4, -0.2) is 36.5 Å². The van der Waals surface area contributed by atoms with E-state index in [2.05, 4.69) is 15.4 Å². The van der Waals surface area contributed by atoms with Crippen LogP contribution in [0.1, 0.15) is 28.4 Å². The average molecular weight is 346 g/mol. The molecule has 8 heteroatoms. The highest BCUT2D eigenvalue weighted by Gasteiger charge is 2.15. The second kappa shape index (κ2) is 8.65. The van der Waals surface area contributed by atoms with E-state index in [-0.39, 0.29) is 13.0 Å². The quantitative estimate of drug-likeness (QED) is 0.535. The lowest BCUT2D eigenvalue weighted by atomic mass is 10.1. The molecule has 0 saturated carbocycles. The van der Waals surface area contributed by atoms with Crippen LogP contribution in [-0.2, 0) is 14.3 Å². The van der Waals surface area contributed by atoms with Gasteiger partial charge in [0.2, 0.25) is 0 Å². The molecule has 0 radical (unpaired) electrons. The number of esters is 1. The average Bonchev–Trinajstić information content (AvgIpc) is 3.16. The first kappa shape index (κ1) is 18.2. The number of methoxy groups -OCH3 is 1. The molecule has 2 aromatic rings. The van der Waals surface area contributed by atoms with E-state index in [1.807, 2.05) is 0 Å². The first-order valence-corrected chi connectivity index (χ1v) is 7.49. The molecule has 1 aromatic heterocycles. The molecule has 0 unspecified atom stereocenters. The lowest BCUT2D eigenvalue weighted by Crippen LogP contribution is -2.36. The van der Waals surface area contributed by atoms with E-state index >= 15 is 0 Å². The molecule has 3 N–H and O–H groups in total. The van der Waals surface area contributed by atoms with Gasteiger partial charge in [0, 0.05) is 17.8 Å². The van der Waals surface area contributed by atoms with E-state index in [4.69, 9.17) is 4.42 Å². The zero-order chi connectivity index (χ0) is 18.2. The Labute approximate surface area is 143 Å². The third-order valence-corrected chi connectivity index (χ3v) is 3.40. The smallest absolute Gasteiger partial charge is 0.337 e. The van der Waals surface area contributed by atoms with E-state index in [0.29, 0.717) is 16.8 Å². The van der Waals surface area contributed by atoms with Crippen molar-refractivity contribution in [1.82, 2.24) is 5.32 Å². The Morgan fingerprint density at radius 2 is 1.88 bits per heavy atom. The maximum Gasteiger partial charge on any atom is 0.337 e. The van der Waals surface area contributed by atoms with Crippen LogP contribution < -0.4 is 10.6 Å². The van der Waals surface area contributed by atoms with Gasteiger partial charge in [0.1, 0.15) is 0 Å². The van der Waals surface area contributed by atoms with E-state index in [1.54, 1.807) is 6.07 Å². The third-order valence-electron chi connectivity index (χ3n) is 3.40. The van der Waals surface area contributed by atoms with Crippen LogP contribution in [0, 0.1) is 0 Å². The van der Waals surface area contributed by atoms with Crippen molar-refractivity contribution in [3.8, 4) is 0 Å². The molecule has 0 spiro atoms. The number of carbonyl (C=O) groups is 3. The summed E-state index contributed by atoms with van der Waals surface area (Å²) < 4.78 is 9.43. The van der Waals surface area contributed by atoms with E-state index in [1.165, 1.54) is 43.9 Å². The van der Waals surface area contributed by atoms with Gasteiger partial charge >= 0.3 is 17.8 Å². The Bertz CT molecular complexity index is 724. The summed E-state index contributed by atoms with van der Waals surface area (Å²) in [6, 6.07) is 7.54. The first-order valence-electron chi connectivity index (χ1n) is 7.49. The molecule has 0 aliphatic carbocycles. The molecular weight excluding hydrogens is 328 g/mol. The number of anilines is 1. The van der Waals surface area contributed by atoms with Crippen LogP contribution in [0.15, 0.2) is 47.3 Å². The molecule has 132 valence electrons. The van der Waals surface area contributed by atoms with Gasteiger partial charge in [-0.1, -0.05) is 0 Å². The molecule has 1 aromatic carbocycles. The number of ether oxygens (including phenoxy) is 1. The number of benzene rings is 1. The minimum atomic E-state index is -0.844. The molecule has 0 bridgehead atoms. The predicted octanol–water partition coefficient (Wildman–Crippen LogP) is 1.24. The van der Waals surface area contributed by atoms with Crippen LogP contribution in [0.25, 0.3) is 0 Å². The van der Waals surface area contributed by atoms with Crippen LogP contribution in [0.5, 0.6) is 0 Å². The van der Waals surface area contributed by atoms with Gasteiger partial charge in [-0.3, -0.25) is 9.59 Å². The number of amides is 2. The highest BCUT2D eigenvalue weighted by molar-refractivity contribution is 6.39. The third kappa shape index (κ3) is 5.18. The summed E-state index contributed by atoms with van der Waals surface area (Å²) in [6.07, 6.45) is 2.31. The number of carbonyl (C=O) groups excluding carboxylic acids is 3. The summed E-state index contributed by atoms with van der Waals surface area (Å²) in [5, 5.41) is 14.7. The van der Waals surface area contributed by atoms with Gasteiger partial charge < -0.3 is 24.9 Å². The standard InChI is InChI=1S/C17H18N2O6/c1-24-17(23)11-2-4-13(5-3-11)19-16(22)15(21)18-8-6-14(20)12-7-9-25-10-12/h2-5,7,9-10,14,20H,6,8H2,1H3,(H,18,21)(H,19,22)/t14-/m0/s1. The lowest BCUT2D eigenvalue weighted by molar-refractivity contribution is -0.136. The lowest BCUT2D eigenvalue weighted by Gasteiger charge is -2.10. The molecule has 0 saturated heterocycles. The number of aliphatic hydroxyl groups excluding tert-OH is 1. The fraction of sp³-hybridized carbons (Fsp3) is 0.235. The monoisotopic (exact) mass is 346 g/mol. The van der Waals surface area contributed by atoms with Crippen molar-refractivity contribution in [2.75, 3.05) is 19.0 Å². The minimum absolute atomic E-state index is 0.125. The summed E-state index contributed by atoms with van der Waals surface area (Å²) in [7, 11) is 1.27. The van der Waals surface area contributed by atoms with Crippen molar-refractivity contribution < 1.29 is 28.6 Å². The fourth-order valence-corrected chi connectivity index (χ4v) is 2.03. The number of rotatable bonds is 6. The Hall–Kier alpha value is -3.13. The fourth-order valence-electron chi connectivity index (χ4n) is 2.03. The normalized spacial score (nSPS) is 11.4. The van der Waals surface area contributed by atoms with Crippen molar-refractivity contribution in [3.05, 3.63) is 54.0 Å². The van der Waals surface area contributed by atoms with Gasteiger partial charge in [0.05, 0.1) is 31.3 Å². The van der Waals surface area contributed by atoms with Gasteiger partial charge in [0.15, 0.2) is 0 Å². The second-order valence-corrected chi connectivity index (χ2v) is 5.14. The van der Waals surface area contributed by atoms with Crippen LogP contribution in [0.4, 0.5) is 5.69 Å². The number of aliphatic hydroxyl groups is 1. The maximum atomic E-state index is 11.8. The predicted molar refractivity (Wildman–Crippen MR) is 87.7 cm³/mol. The maximum absolute atomic E-state index is 11.8. The zero-order valence-corrected chi connectivity index (χ0v) is 13.5. The van der Waals surface area contributed by atoms with Crippen LogP contribution >= 0.6 is 0 Å². The molecule has 8 nitrogen and oxygen atoms in total. The van der Waals surface area contributed by atoms with Crippen molar-refractivity contribution in [2.45, 2.75) is 12.5 Å². The zero-order valence-electron chi connectivity index (χ0n) is 13.5. The molecule has 0 aliphatic rings. The van der Waals surface area contributed by atoms with Gasteiger partial charge in [-0.2, -0.15) is 0 Å².